The van der Waals surface area contributed by atoms with E-state index in [4.69, 9.17) is 9.52 Å². The van der Waals surface area contributed by atoms with Crippen molar-refractivity contribution in [1.29, 1.82) is 0 Å². The largest absolute Gasteiger partial charge is 0.478 e. The second-order valence-electron chi connectivity index (χ2n) is 4.81. The number of aryl methyl sites for hydroxylation is 1. The normalized spacial score (nSPS) is 11.0. The summed E-state index contributed by atoms with van der Waals surface area (Å²) in [5.74, 6) is -1.18. The van der Waals surface area contributed by atoms with Crippen LogP contribution in [0.1, 0.15) is 16.1 Å². The number of nitrogens with zero attached hydrogens (tertiary/aromatic N) is 3. The molecule has 0 saturated heterocycles. The molecule has 1 N–H and O–H groups in total. The maximum absolute atomic E-state index is 12.6. The molecule has 2 aromatic heterocycles. The van der Waals surface area contributed by atoms with Gasteiger partial charge in [-0.2, -0.15) is 13.9 Å². The van der Waals surface area contributed by atoms with Gasteiger partial charge in [0.1, 0.15) is 23.3 Å². The second kappa shape index (κ2) is 6.11. The number of rotatable bonds is 5. The van der Waals surface area contributed by atoms with Crippen LogP contribution in [0.2, 0.25) is 0 Å². The molecular weight excluding hydrogens is 324 g/mol. The lowest BCUT2D eigenvalue weighted by Crippen LogP contribution is -2.04. The van der Waals surface area contributed by atoms with Crippen LogP contribution in [0.15, 0.2) is 41.5 Å². The highest BCUT2D eigenvalue weighted by molar-refractivity contribution is 5.88. The van der Waals surface area contributed by atoms with Crippen molar-refractivity contribution in [2.75, 3.05) is 0 Å². The van der Waals surface area contributed by atoms with Gasteiger partial charge in [0.15, 0.2) is 6.39 Å². The number of hydrogen-bond acceptors (Lipinski definition) is 5. The summed E-state index contributed by atoms with van der Waals surface area (Å²) in [6.45, 7) is -1.43. The van der Waals surface area contributed by atoms with Gasteiger partial charge >= 0.3 is 12.6 Å². The van der Waals surface area contributed by atoms with E-state index in [2.05, 4.69) is 14.8 Å². The first-order valence-corrected chi connectivity index (χ1v) is 6.73. The van der Waals surface area contributed by atoms with Gasteiger partial charge in [-0.1, -0.05) is 0 Å². The zero-order valence-corrected chi connectivity index (χ0v) is 12.3. The van der Waals surface area contributed by atoms with E-state index < -0.39 is 12.6 Å². The molecule has 0 unspecified atom stereocenters. The van der Waals surface area contributed by atoms with Gasteiger partial charge in [0.05, 0.1) is 11.4 Å². The van der Waals surface area contributed by atoms with Crippen molar-refractivity contribution >= 4 is 5.97 Å². The van der Waals surface area contributed by atoms with Crippen molar-refractivity contribution in [2.24, 2.45) is 0 Å². The van der Waals surface area contributed by atoms with Crippen LogP contribution in [0, 0.1) is 6.92 Å². The zero-order chi connectivity index (χ0) is 17.3. The number of ether oxygens (including phenoxy) is 1. The molecule has 2 heterocycles. The fourth-order valence-corrected chi connectivity index (χ4v) is 2.21. The number of oxazole rings is 1. The zero-order valence-electron chi connectivity index (χ0n) is 12.3. The molecule has 3 rings (SSSR count). The summed E-state index contributed by atoms with van der Waals surface area (Å²) in [5.41, 5.74) is 1.41. The Kier molecular flexibility index (Phi) is 3.98. The van der Waals surface area contributed by atoms with E-state index in [0.29, 0.717) is 17.1 Å². The van der Waals surface area contributed by atoms with E-state index in [1.807, 2.05) is 0 Å². The van der Waals surface area contributed by atoms with Crippen LogP contribution in [0.5, 0.6) is 5.75 Å². The molecule has 0 aliphatic heterocycles. The number of carbonyl (C=O) groups is 1. The second-order valence-corrected chi connectivity index (χ2v) is 4.81. The first-order valence-electron chi connectivity index (χ1n) is 6.73. The average molecular weight is 335 g/mol. The van der Waals surface area contributed by atoms with E-state index in [-0.39, 0.29) is 16.9 Å². The fourth-order valence-electron chi connectivity index (χ4n) is 2.21. The number of halogens is 2. The lowest BCUT2D eigenvalue weighted by Gasteiger charge is -2.11. The molecule has 0 amide bonds. The number of benzene rings is 1. The van der Waals surface area contributed by atoms with E-state index in [1.165, 1.54) is 35.3 Å². The Balaban J connectivity index is 2.09. The third kappa shape index (κ3) is 2.96. The minimum absolute atomic E-state index is 0.0471. The first-order chi connectivity index (χ1) is 11.5. The Morgan fingerprint density at radius 1 is 1.42 bits per heavy atom. The summed E-state index contributed by atoms with van der Waals surface area (Å²) >= 11 is 0. The van der Waals surface area contributed by atoms with Gasteiger partial charge in [-0.05, 0) is 25.1 Å². The lowest BCUT2D eigenvalue weighted by molar-refractivity contribution is -0.0494. The van der Waals surface area contributed by atoms with Gasteiger partial charge in [0.25, 0.3) is 0 Å². The maximum Gasteiger partial charge on any atom is 0.387 e. The number of carboxylic acid groups (broad SMARTS) is 1. The van der Waals surface area contributed by atoms with Gasteiger partial charge < -0.3 is 14.3 Å². The molecule has 24 heavy (non-hydrogen) atoms. The van der Waals surface area contributed by atoms with Crippen molar-refractivity contribution in [3.05, 3.63) is 48.3 Å². The van der Waals surface area contributed by atoms with Gasteiger partial charge in [-0.15, -0.1) is 0 Å². The fraction of sp³-hybridized carbons (Fsp3) is 0.133. The van der Waals surface area contributed by atoms with Gasteiger partial charge in [0, 0.05) is 11.8 Å². The van der Waals surface area contributed by atoms with E-state index in [9.17, 15) is 13.6 Å². The van der Waals surface area contributed by atoms with Crippen molar-refractivity contribution in [3.63, 3.8) is 0 Å². The van der Waals surface area contributed by atoms with Crippen LogP contribution < -0.4 is 4.74 Å². The molecule has 0 saturated carbocycles. The van der Waals surface area contributed by atoms with Crippen LogP contribution in [0.25, 0.3) is 16.9 Å². The summed E-state index contributed by atoms with van der Waals surface area (Å²) in [4.78, 5) is 15.0. The third-order valence-electron chi connectivity index (χ3n) is 3.28. The molecule has 0 bridgehead atoms. The summed E-state index contributed by atoms with van der Waals surface area (Å²) < 4.78 is 35.8. The van der Waals surface area contributed by atoms with E-state index >= 15 is 0 Å². The monoisotopic (exact) mass is 335 g/mol. The highest BCUT2D eigenvalue weighted by Crippen LogP contribution is 2.32. The molecule has 1 aromatic carbocycles. The highest BCUT2D eigenvalue weighted by Gasteiger charge is 2.17. The highest BCUT2D eigenvalue weighted by atomic mass is 19.3. The van der Waals surface area contributed by atoms with Gasteiger partial charge in [-0.25, -0.2) is 14.5 Å². The summed E-state index contributed by atoms with van der Waals surface area (Å²) in [6.07, 6.45) is 3.79. The molecule has 0 aliphatic carbocycles. The topological polar surface area (TPSA) is 90.4 Å². The minimum atomic E-state index is -2.99. The van der Waals surface area contributed by atoms with E-state index in [0.717, 1.165) is 6.39 Å². The Morgan fingerprint density at radius 2 is 2.21 bits per heavy atom. The summed E-state index contributed by atoms with van der Waals surface area (Å²) in [6, 6.07) is 4.33. The minimum Gasteiger partial charge on any atom is -0.478 e. The number of carboxylic acids is 1. The van der Waals surface area contributed by atoms with Crippen LogP contribution >= 0.6 is 0 Å². The predicted octanol–water partition coefficient (Wildman–Crippen LogP) is 3.14. The number of alkyl halides is 2. The number of hydrogen-bond donors (Lipinski definition) is 1. The van der Waals surface area contributed by atoms with E-state index in [1.54, 1.807) is 6.92 Å². The first kappa shape index (κ1) is 15.7. The Labute approximate surface area is 134 Å². The predicted molar refractivity (Wildman–Crippen MR) is 77.4 cm³/mol. The Hall–Kier alpha value is -3.23. The number of aromatic nitrogens is 3. The quantitative estimate of drug-likeness (QED) is 0.770. The molecule has 7 nitrogen and oxygen atoms in total. The molecule has 0 fully saturated rings. The third-order valence-corrected chi connectivity index (χ3v) is 3.28. The molecule has 9 heteroatoms. The smallest absolute Gasteiger partial charge is 0.387 e. The van der Waals surface area contributed by atoms with Gasteiger partial charge in [-0.3, -0.25) is 0 Å². The molecule has 0 radical (unpaired) electrons. The maximum atomic E-state index is 12.6. The average Bonchev–Trinajstić information content (AvgIpc) is 3.16. The van der Waals surface area contributed by atoms with Crippen LogP contribution in [-0.2, 0) is 0 Å². The van der Waals surface area contributed by atoms with Crippen molar-refractivity contribution in [3.8, 4) is 22.7 Å². The molecule has 0 atom stereocenters. The van der Waals surface area contributed by atoms with Crippen LogP contribution in [0.3, 0.4) is 0 Å². The summed E-state index contributed by atoms with van der Waals surface area (Å²) in [7, 11) is 0. The molecular formula is C15H11F2N3O4. The molecule has 0 aliphatic rings. The van der Waals surface area contributed by atoms with Gasteiger partial charge in [0.2, 0.25) is 0 Å². The van der Waals surface area contributed by atoms with Crippen molar-refractivity contribution < 1.29 is 27.8 Å². The van der Waals surface area contributed by atoms with Crippen LogP contribution in [-0.4, -0.2) is 32.5 Å². The Morgan fingerprint density at radius 3 is 2.79 bits per heavy atom. The molecule has 3 aromatic rings. The molecule has 0 spiro atoms. The Bertz CT molecular complexity index is 875. The standard InChI is InChI=1S/C15H11F2N3O4/c1-8-11(14(21)22)5-20(19-8)9-2-3-13(24-15(16)17)10(4-9)12-6-23-7-18-12/h2-7,15H,1H3,(H,21,22). The molecule has 124 valence electrons. The van der Waals surface area contributed by atoms with Crippen molar-refractivity contribution in [2.45, 2.75) is 13.5 Å². The lowest BCUT2D eigenvalue weighted by atomic mass is 10.1. The summed E-state index contributed by atoms with van der Waals surface area (Å²) in [5, 5.41) is 13.2. The number of aromatic carboxylic acids is 1. The van der Waals surface area contributed by atoms with Crippen molar-refractivity contribution in [1.82, 2.24) is 14.8 Å². The SMILES string of the molecule is Cc1nn(-c2ccc(OC(F)F)c(-c3cocn3)c2)cc1C(=O)O. The van der Waals surface area contributed by atoms with Crippen LogP contribution in [0.4, 0.5) is 8.78 Å².